The Morgan fingerprint density at radius 3 is 2.50 bits per heavy atom. The number of hydrogen-bond acceptors (Lipinski definition) is 4. The van der Waals surface area contributed by atoms with Gasteiger partial charge in [-0.05, 0) is 53.6 Å². The molecule has 154 valence electrons. The first kappa shape index (κ1) is 19.8. The highest BCUT2D eigenvalue weighted by molar-refractivity contribution is 5.94. The molecule has 8 heteroatoms. The Labute approximate surface area is 170 Å². The van der Waals surface area contributed by atoms with Crippen LogP contribution in [0.15, 0.2) is 67.0 Å². The number of fused-ring (bicyclic) bond motifs is 1. The summed E-state index contributed by atoms with van der Waals surface area (Å²) in [6.45, 7) is 0.299. The molecule has 1 N–H and O–H groups in total. The molecule has 5 nitrogen and oxygen atoms in total. The van der Waals surface area contributed by atoms with Crippen molar-refractivity contribution in [1.29, 1.82) is 0 Å². The van der Waals surface area contributed by atoms with Gasteiger partial charge in [-0.25, -0.2) is 0 Å². The number of ether oxygens (including phenoxy) is 2. The van der Waals surface area contributed by atoms with Crippen LogP contribution >= 0.6 is 0 Å². The molecule has 1 aliphatic rings. The monoisotopic (exact) mass is 414 g/mol. The summed E-state index contributed by atoms with van der Waals surface area (Å²) in [5.41, 5.74) is 3.21. The topological polar surface area (TPSA) is 60.5 Å². The lowest BCUT2D eigenvalue weighted by atomic mass is 9.93. The van der Waals surface area contributed by atoms with Crippen molar-refractivity contribution in [1.82, 2.24) is 10.3 Å². The zero-order valence-corrected chi connectivity index (χ0v) is 15.6. The normalized spacial score (nSPS) is 15.6. The first-order chi connectivity index (χ1) is 14.4. The molecule has 3 aromatic rings. The van der Waals surface area contributed by atoms with Crippen LogP contribution in [0.5, 0.6) is 11.5 Å². The minimum atomic E-state index is -4.77. The van der Waals surface area contributed by atoms with Gasteiger partial charge in [0.05, 0.1) is 6.04 Å². The van der Waals surface area contributed by atoms with Gasteiger partial charge < -0.3 is 14.8 Å². The maximum absolute atomic E-state index is 12.5. The van der Waals surface area contributed by atoms with Crippen molar-refractivity contribution in [2.24, 2.45) is 0 Å². The average Bonchev–Trinajstić information content (AvgIpc) is 2.73. The molecule has 0 aliphatic carbocycles. The number of aromatic nitrogens is 1. The van der Waals surface area contributed by atoms with E-state index in [0.29, 0.717) is 13.0 Å². The Morgan fingerprint density at radius 1 is 1.07 bits per heavy atom. The zero-order chi connectivity index (χ0) is 21.1. The van der Waals surface area contributed by atoms with Gasteiger partial charge in [0.1, 0.15) is 18.1 Å². The molecule has 1 atom stereocenters. The number of hydrogen-bond donors (Lipinski definition) is 1. The van der Waals surface area contributed by atoms with Gasteiger partial charge in [0, 0.05) is 29.9 Å². The number of rotatable bonds is 4. The third kappa shape index (κ3) is 4.53. The first-order valence-electron chi connectivity index (χ1n) is 9.21. The van der Waals surface area contributed by atoms with Crippen molar-refractivity contribution >= 4 is 5.91 Å². The van der Waals surface area contributed by atoms with Gasteiger partial charge in [0.25, 0.3) is 5.91 Å². The first-order valence-corrected chi connectivity index (χ1v) is 9.21. The Balaban J connectivity index is 1.47. The van der Waals surface area contributed by atoms with Crippen LogP contribution in [-0.2, 0) is 6.42 Å². The van der Waals surface area contributed by atoms with Crippen LogP contribution < -0.4 is 14.8 Å². The summed E-state index contributed by atoms with van der Waals surface area (Å²) in [6.07, 6.45) is -0.786. The van der Waals surface area contributed by atoms with Crippen LogP contribution in [0.25, 0.3) is 11.1 Å². The molecule has 0 unspecified atom stereocenters. The molecule has 0 bridgehead atoms. The predicted octanol–water partition coefficient (Wildman–Crippen LogP) is 4.38. The van der Waals surface area contributed by atoms with Gasteiger partial charge in [-0.1, -0.05) is 12.1 Å². The van der Waals surface area contributed by atoms with E-state index in [9.17, 15) is 18.0 Å². The lowest BCUT2D eigenvalue weighted by molar-refractivity contribution is -0.274. The van der Waals surface area contributed by atoms with Crippen LogP contribution in [0.2, 0.25) is 0 Å². The van der Waals surface area contributed by atoms with Gasteiger partial charge in [0.15, 0.2) is 0 Å². The highest BCUT2D eigenvalue weighted by atomic mass is 19.4. The molecule has 1 amide bonds. The van der Waals surface area contributed by atoms with E-state index in [2.05, 4.69) is 15.0 Å². The second-order valence-electron chi connectivity index (χ2n) is 6.78. The SMILES string of the molecule is O=C(N[C@@H]1COc2cccc(-c3ccncc3)c2C1)c1ccc(OC(F)(F)F)cc1. The quantitative estimate of drug-likeness (QED) is 0.688. The number of alkyl halides is 3. The minimum Gasteiger partial charge on any atom is -0.491 e. The summed E-state index contributed by atoms with van der Waals surface area (Å²) in [6, 6.07) is 14.1. The number of carbonyl (C=O) groups excluding carboxylic acids is 1. The highest BCUT2D eigenvalue weighted by Gasteiger charge is 2.31. The van der Waals surface area contributed by atoms with Gasteiger partial charge in [-0.15, -0.1) is 13.2 Å². The molecule has 0 radical (unpaired) electrons. The second kappa shape index (κ2) is 8.06. The smallest absolute Gasteiger partial charge is 0.491 e. The van der Waals surface area contributed by atoms with Crippen LogP contribution in [0.1, 0.15) is 15.9 Å². The molecular formula is C22H17F3N2O3. The van der Waals surface area contributed by atoms with Crippen LogP contribution in [0.4, 0.5) is 13.2 Å². The number of pyridine rings is 1. The fourth-order valence-corrected chi connectivity index (χ4v) is 3.38. The van der Waals surface area contributed by atoms with E-state index in [1.165, 1.54) is 12.1 Å². The maximum atomic E-state index is 12.5. The predicted molar refractivity (Wildman–Crippen MR) is 103 cm³/mol. The molecule has 30 heavy (non-hydrogen) atoms. The molecule has 4 rings (SSSR count). The van der Waals surface area contributed by atoms with E-state index in [4.69, 9.17) is 4.74 Å². The number of amides is 1. The summed E-state index contributed by atoms with van der Waals surface area (Å²) < 4.78 is 46.5. The van der Waals surface area contributed by atoms with Crippen LogP contribution in [0.3, 0.4) is 0 Å². The maximum Gasteiger partial charge on any atom is 0.573 e. The van der Waals surface area contributed by atoms with E-state index in [1.54, 1.807) is 12.4 Å². The molecule has 1 aliphatic heterocycles. The number of carbonyl (C=O) groups is 1. The number of nitrogens with one attached hydrogen (secondary N) is 1. The van der Waals surface area contributed by atoms with Gasteiger partial charge >= 0.3 is 6.36 Å². The number of benzene rings is 2. The summed E-state index contributed by atoms with van der Waals surface area (Å²) in [7, 11) is 0. The molecular weight excluding hydrogens is 397 g/mol. The summed E-state index contributed by atoms with van der Waals surface area (Å²) in [4.78, 5) is 16.6. The van der Waals surface area contributed by atoms with E-state index in [0.717, 1.165) is 34.6 Å². The molecule has 2 heterocycles. The largest absolute Gasteiger partial charge is 0.573 e. The third-order valence-electron chi connectivity index (χ3n) is 4.70. The lowest BCUT2D eigenvalue weighted by Crippen LogP contribution is -2.42. The van der Waals surface area contributed by atoms with Gasteiger partial charge in [-0.2, -0.15) is 0 Å². The van der Waals surface area contributed by atoms with Crippen molar-refractivity contribution in [2.45, 2.75) is 18.8 Å². The van der Waals surface area contributed by atoms with Crippen molar-refractivity contribution < 1.29 is 27.4 Å². The van der Waals surface area contributed by atoms with E-state index >= 15 is 0 Å². The van der Waals surface area contributed by atoms with Gasteiger partial charge in [0.2, 0.25) is 0 Å². The summed E-state index contributed by atoms with van der Waals surface area (Å²) in [5.74, 6) is -0.00793. The van der Waals surface area contributed by atoms with Crippen LogP contribution in [0, 0.1) is 0 Å². The molecule has 0 spiro atoms. The zero-order valence-electron chi connectivity index (χ0n) is 15.6. The van der Waals surface area contributed by atoms with E-state index in [-0.39, 0.29) is 17.4 Å². The summed E-state index contributed by atoms with van der Waals surface area (Å²) in [5, 5.41) is 2.88. The number of halogens is 3. The third-order valence-corrected chi connectivity index (χ3v) is 4.70. The average molecular weight is 414 g/mol. The minimum absolute atomic E-state index is 0.234. The lowest BCUT2D eigenvalue weighted by Gasteiger charge is -2.28. The molecule has 0 saturated carbocycles. The van der Waals surface area contributed by atoms with E-state index < -0.39 is 12.3 Å². The van der Waals surface area contributed by atoms with Crippen molar-refractivity contribution in [3.8, 4) is 22.6 Å². The Kier molecular flexibility index (Phi) is 5.31. The molecule has 0 fully saturated rings. The molecule has 2 aromatic carbocycles. The molecule has 1 aromatic heterocycles. The van der Waals surface area contributed by atoms with Crippen molar-refractivity contribution in [3.05, 3.63) is 78.1 Å². The second-order valence-corrected chi connectivity index (χ2v) is 6.78. The fourth-order valence-electron chi connectivity index (χ4n) is 3.38. The fraction of sp³-hybridized carbons (Fsp3) is 0.182. The van der Waals surface area contributed by atoms with E-state index in [1.807, 2.05) is 30.3 Å². The van der Waals surface area contributed by atoms with Crippen molar-refractivity contribution in [2.75, 3.05) is 6.61 Å². The number of nitrogens with zero attached hydrogens (tertiary/aromatic N) is 1. The van der Waals surface area contributed by atoms with Gasteiger partial charge in [-0.3, -0.25) is 9.78 Å². The van der Waals surface area contributed by atoms with Crippen LogP contribution in [-0.4, -0.2) is 29.9 Å². The standard InChI is InChI=1S/C22H17F3N2O3/c23-22(24,25)30-17-6-4-15(5-7-17)21(28)27-16-12-19-18(14-8-10-26-11-9-14)2-1-3-20(19)29-13-16/h1-11,16H,12-13H2,(H,27,28)/t16-/m0/s1. The Bertz CT molecular complexity index is 1040. The highest BCUT2D eigenvalue weighted by Crippen LogP contribution is 2.34. The Hall–Kier alpha value is -3.55. The molecule has 0 saturated heterocycles. The van der Waals surface area contributed by atoms with Crippen molar-refractivity contribution in [3.63, 3.8) is 0 Å². The summed E-state index contributed by atoms with van der Waals surface area (Å²) >= 11 is 0. The Morgan fingerprint density at radius 2 is 1.80 bits per heavy atom.